The summed E-state index contributed by atoms with van der Waals surface area (Å²) in [5, 5.41) is 4.02. The molecular weight excluding hydrogens is 327 g/mol. The second-order valence-electron chi connectivity index (χ2n) is 5.11. The number of hydrogen-bond acceptors (Lipinski definition) is 4. The highest BCUT2D eigenvalue weighted by Crippen LogP contribution is 2.28. The molecule has 0 spiro atoms. The number of benzene rings is 1. The molecule has 1 atom stereocenters. The first kappa shape index (κ1) is 17.3. The molecule has 0 bridgehead atoms. The van der Waals surface area contributed by atoms with Crippen LogP contribution in [-0.2, 0) is 9.53 Å². The van der Waals surface area contributed by atoms with Crippen molar-refractivity contribution in [3.63, 3.8) is 0 Å². The van der Waals surface area contributed by atoms with E-state index in [1.165, 1.54) is 0 Å². The predicted octanol–water partition coefficient (Wildman–Crippen LogP) is 2.21. The van der Waals surface area contributed by atoms with Crippen LogP contribution in [0.2, 0.25) is 10.0 Å². The fourth-order valence-electron chi connectivity index (χ4n) is 2.27. The first-order chi connectivity index (χ1) is 10.6. The van der Waals surface area contributed by atoms with Crippen LogP contribution in [0, 0.1) is 0 Å². The van der Waals surface area contributed by atoms with Crippen molar-refractivity contribution in [2.75, 3.05) is 39.9 Å². The van der Waals surface area contributed by atoms with Gasteiger partial charge in [0.1, 0.15) is 11.9 Å². The minimum Gasteiger partial charge on any atom is -0.488 e. The van der Waals surface area contributed by atoms with E-state index in [0.29, 0.717) is 48.6 Å². The number of nitrogens with zero attached hydrogens (tertiary/aromatic N) is 1. The van der Waals surface area contributed by atoms with E-state index >= 15 is 0 Å². The Balaban J connectivity index is 1.77. The van der Waals surface area contributed by atoms with Gasteiger partial charge >= 0.3 is 0 Å². The molecule has 22 heavy (non-hydrogen) atoms. The van der Waals surface area contributed by atoms with Crippen molar-refractivity contribution in [3.8, 4) is 5.75 Å². The molecule has 0 aliphatic carbocycles. The second-order valence-corrected chi connectivity index (χ2v) is 5.93. The zero-order valence-corrected chi connectivity index (χ0v) is 14.0. The highest BCUT2D eigenvalue weighted by molar-refractivity contribution is 6.42. The van der Waals surface area contributed by atoms with Crippen molar-refractivity contribution in [1.82, 2.24) is 10.2 Å². The van der Waals surface area contributed by atoms with Crippen molar-refractivity contribution < 1.29 is 14.3 Å². The van der Waals surface area contributed by atoms with Crippen LogP contribution in [0.3, 0.4) is 0 Å². The van der Waals surface area contributed by atoms with E-state index in [1.807, 2.05) is 4.90 Å². The minimum absolute atomic E-state index is 0.0137. The van der Waals surface area contributed by atoms with Crippen LogP contribution in [0.5, 0.6) is 5.75 Å². The van der Waals surface area contributed by atoms with Gasteiger partial charge in [0.05, 0.1) is 29.7 Å². The lowest BCUT2D eigenvalue weighted by Crippen LogP contribution is -2.38. The molecule has 1 N–H and O–H groups in total. The highest BCUT2D eigenvalue weighted by Gasteiger charge is 2.27. The van der Waals surface area contributed by atoms with Gasteiger partial charge in [0.25, 0.3) is 0 Å². The summed E-state index contributed by atoms with van der Waals surface area (Å²) < 4.78 is 10.8. The average Bonchev–Trinajstić information content (AvgIpc) is 2.96. The van der Waals surface area contributed by atoms with Crippen molar-refractivity contribution in [1.29, 1.82) is 0 Å². The van der Waals surface area contributed by atoms with Gasteiger partial charge in [-0.05, 0) is 12.1 Å². The van der Waals surface area contributed by atoms with Gasteiger partial charge in [0.2, 0.25) is 5.91 Å². The maximum absolute atomic E-state index is 12.0. The smallest absolute Gasteiger partial charge is 0.236 e. The first-order valence-corrected chi connectivity index (χ1v) is 7.95. The molecule has 1 aliphatic rings. The van der Waals surface area contributed by atoms with Gasteiger partial charge in [-0.3, -0.25) is 4.79 Å². The Morgan fingerprint density at radius 3 is 2.95 bits per heavy atom. The monoisotopic (exact) mass is 346 g/mol. The van der Waals surface area contributed by atoms with Crippen molar-refractivity contribution in [2.24, 2.45) is 0 Å². The van der Waals surface area contributed by atoms with Crippen LogP contribution in [0.25, 0.3) is 0 Å². The quantitative estimate of drug-likeness (QED) is 0.769. The Kier molecular flexibility index (Phi) is 6.76. The number of halogens is 2. The molecule has 1 aromatic rings. The molecule has 1 saturated heterocycles. The molecule has 1 unspecified atom stereocenters. The van der Waals surface area contributed by atoms with Gasteiger partial charge in [-0.2, -0.15) is 0 Å². The van der Waals surface area contributed by atoms with E-state index in [4.69, 9.17) is 32.7 Å². The van der Waals surface area contributed by atoms with Crippen molar-refractivity contribution in [3.05, 3.63) is 28.2 Å². The number of nitrogens with one attached hydrogen (secondary N) is 1. The molecule has 0 aromatic heterocycles. The third kappa shape index (κ3) is 5.02. The van der Waals surface area contributed by atoms with E-state index in [2.05, 4.69) is 5.32 Å². The Labute approximate surface area is 140 Å². The first-order valence-electron chi connectivity index (χ1n) is 7.19. The molecule has 7 heteroatoms. The molecule has 0 radical (unpaired) electrons. The average molecular weight is 347 g/mol. The lowest BCUT2D eigenvalue weighted by Gasteiger charge is -2.17. The molecule has 2 rings (SSSR count). The number of methoxy groups -OCH3 is 1. The largest absolute Gasteiger partial charge is 0.488 e. The third-order valence-corrected chi connectivity index (χ3v) is 4.19. The van der Waals surface area contributed by atoms with E-state index in [9.17, 15) is 4.79 Å². The maximum Gasteiger partial charge on any atom is 0.236 e. The molecule has 1 fully saturated rings. The normalized spacial score (nSPS) is 17.8. The van der Waals surface area contributed by atoms with E-state index < -0.39 is 0 Å². The maximum atomic E-state index is 12.0. The van der Waals surface area contributed by atoms with Crippen LogP contribution in [0.15, 0.2) is 18.2 Å². The van der Waals surface area contributed by atoms with Crippen molar-refractivity contribution >= 4 is 29.1 Å². The van der Waals surface area contributed by atoms with Crippen LogP contribution in [0.1, 0.15) is 6.42 Å². The summed E-state index contributed by atoms with van der Waals surface area (Å²) in [4.78, 5) is 13.8. The molecule has 1 aromatic carbocycles. The predicted molar refractivity (Wildman–Crippen MR) is 86.8 cm³/mol. The highest BCUT2D eigenvalue weighted by atomic mass is 35.5. The Morgan fingerprint density at radius 2 is 2.23 bits per heavy atom. The lowest BCUT2D eigenvalue weighted by atomic mass is 10.3. The zero-order chi connectivity index (χ0) is 15.9. The summed E-state index contributed by atoms with van der Waals surface area (Å²) in [5.41, 5.74) is 0. The van der Waals surface area contributed by atoms with Gasteiger partial charge in [-0.15, -0.1) is 0 Å². The van der Waals surface area contributed by atoms with Gasteiger partial charge in [-0.25, -0.2) is 0 Å². The number of amides is 1. The molecule has 0 saturated carbocycles. The fourth-order valence-corrected chi connectivity index (χ4v) is 2.56. The molecule has 1 aliphatic heterocycles. The van der Waals surface area contributed by atoms with Gasteiger partial charge < -0.3 is 19.7 Å². The van der Waals surface area contributed by atoms with E-state index in [1.54, 1.807) is 25.3 Å². The number of carbonyl (C=O) groups is 1. The third-order valence-electron chi connectivity index (χ3n) is 3.45. The topological polar surface area (TPSA) is 50.8 Å². The SMILES string of the molecule is COCCNCC(=O)N1CCC(Oc2ccc(Cl)c(Cl)c2)C1. The fraction of sp³-hybridized carbons (Fsp3) is 0.533. The zero-order valence-electron chi connectivity index (χ0n) is 12.5. The summed E-state index contributed by atoms with van der Waals surface area (Å²) in [5.74, 6) is 0.753. The second kappa shape index (κ2) is 8.58. The van der Waals surface area contributed by atoms with Crippen LogP contribution < -0.4 is 10.1 Å². The number of carbonyl (C=O) groups excluding carboxylic acids is 1. The molecular formula is C15H20Cl2N2O3. The van der Waals surface area contributed by atoms with Crippen molar-refractivity contribution in [2.45, 2.75) is 12.5 Å². The molecule has 122 valence electrons. The van der Waals surface area contributed by atoms with Crippen LogP contribution >= 0.6 is 23.2 Å². The summed E-state index contributed by atoms with van der Waals surface area (Å²) in [6.45, 7) is 2.88. The Hall–Kier alpha value is -1.01. The van der Waals surface area contributed by atoms with Gasteiger partial charge in [0, 0.05) is 32.7 Å². The molecule has 1 heterocycles. The Morgan fingerprint density at radius 1 is 1.41 bits per heavy atom. The summed E-state index contributed by atoms with van der Waals surface area (Å²) in [6.07, 6.45) is 0.796. The summed E-state index contributed by atoms with van der Waals surface area (Å²) >= 11 is 11.8. The molecule has 1 amide bonds. The number of likely N-dealkylation sites (tertiary alicyclic amines) is 1. The minimum atomic E-state index is -0.0137. The summed E-state index contributed by atoms with van der Waals surface area (Å²) in [6, 6.07) is 5.18. The molecule has 5 nitrogen and oxygen atoms in total. The summed E-state index contributed by atoms with van der Waals surface area (Å²) in [7, 11) is 1.63. The standard InChI is InChI=1S/C15H20Cl2N2O3/c1-21-7-5-18-9-15(20)19-6-4-12(10-19)22-11-2-3-13(16)14(17)8-11/h2-3,8,12,18H,4-7,9-10H2,1H3. The lowest BCUT2D eigenvalue weighted by molar-refractivity contribution is -0.129. The van der Waals surface area contributed by atoms with Crippen LogP contribution in [-0.4, -0.2) is 56.8 Å². The Bertz CT molecular complexity index is 514. The number of rotatable bonds is 7. The van der Waals surface area contributed by atoms with E-state index in [-0.39, 0.29) is 12.0 Å². The number of hydrogen-bond donors (Lipinski definition) is 1. The van der Waals surface area contributed by atoms with E-state index in [0.717, 1.165) is 6.42 Å². The van der Waals surface area contributed by atoms with Crippen LogP contribution in [0.4, 0.5) is 0 Å². The van der Waals surface area contributed by atoms with Gasteiger partial charge in [0.15, 0.2) is 0 Å². The van der Waals surface area contributed by atoms with Gasteiger partial charge in [-0.1, -0.05) is 23.2 Å². The number of ether oxygens (including phenoxy) is 2.